The average Bonchev–Trinajstić information content (AvgIpc) is 3.21. The fourth-order valence-corrected chi connectivity index (χ4v) is 4.55. The van der Waals surface area contributed by atoms with E-state index in [4.69, 9.17) is 0 Å². The van der Waals surface area contributed by atoms with Gasteiger partial charge in [-0.1, -0.05) is 6.07 Å². The summed E-state index contributed by atoms with van der Waals surface area (Å²) < 4.78 is 1.54. The Morgan fingerprint density at radius 2 is 1.77 bits per heavy atom. The van der Waals surface area contributed by atoms with Crippen molar-refractivity contribution >= 4 is 22.1 Å². The van der Waals surface area contributed by atoms with Crippen molar-refractivity contribution < 1.29 is 0 Å². The molecule has 31 heavy (non-hydrogen) atoms. The highest BCUT2D eigenvalue weighted by atomic mass is 16.1. The number of piperazine rings is 1. The summed E-state index contributed by atoms with van der Waals surface area (Å²) in [7, 11) is 1.73. The highest BCUT2D eigenvalue weighted by molar-refractivity contribution is 5.74. The summed E-state index contributed by atoms with van der Waals surface area (Å²) in [5.74, 6) is 0. The Morgan fingerprint density at radius 3 is 2.58 bits per heavy atom. The van der Waals surface area contributed by atoms with E-state index in [9.17, 15) is 4.79 Å². The lowest BCUT2D eigenvalue weighted by atomic mass is 10.0. The summed E-state index contributed by atoms with van der Waals surface area (Å²) in [6.07, 6.45) is 6.92. The van der Waals surface area contributed by atoms with Crippen molar-refractivity contribution in [1.82, 2.24) is 34.3 Å². The highest BCUT2D eigenvalue weighted by Gasteiger charge is 2.33. The van der Waals surface area contributed by atoms with Crippen molar-refractivity contribution in [1.29, 1.82) is 0 Å². The third-order valence-corrected chi connectivity index (χ3v) is 6.39. The molecule has 1 aliphatic rings. The molecule has 5 rings (SSSR count). The number of hydrogen-bond acceptors (Lipinski definition) is 7. The van der Waals surface area contributed by atoms with Gasteiger partial charge in [0.05, 0.1) is 41.5 Å². The van der Waals surface area contributed by atoms with Crippen molar-refractivity contribution in [3.8, 4) is 0 Å². The SMILES string of the molecule is CC(c1ccc2nccnc2c1)N1C[C@H](C)N(n2cc3c(cnc(=O)n3C)n2)C[C@H]1C. The minimum atomic E-state index is -0.271. The predicted molar refractivity (Wildman–Crippen MR) is 119 cm³/mol. The first-order valence-electron chi connectivity index (χ1n) is 10.6. The third kappa shape index (κ3) is 3.34. The minimum Gasteiger partial charge on any atom is -0.292 e. The van der Waals surface area contributed by atoms with Crippen LogP contribution in [0.5, 0.6) is 0 Å². The summed E-state index contributed by atoms with van der Waals surface area (Å²) in [6.45, 7) is 8.43. The molecule has 0 amide bonds. The lowest BCUT2D eigenvalue weighted by Crippen LogP contribution is -2.60. The normalized spacial score (nSPS) is 21.1. The first-order valence-corrected chi connectivity index (χ1v) is 10.6. The molecule has 0 saturated carbocycles. The topological polar surface area (TPSA) is 85.0 Å². The summed E-state index contributed by atoms with van der Waals surface area (Å²) in [4.78, 5) is 29.0. The molecule has 0 radical (unpaired) electrons. The van der Waals surface area contributed by atoms with Gasteiger partial charge in [-0.05, 0) is 38.5 Å². The van der Waals surface area contributed by atoms with Crippen LogP contribution in [0.25, 0.3) is 22.1 Å². The van der Waals surface area contributed by atoms with Crippen LogP contribution in [0.3, 0.4) is 0 Å². The molecule has 3 aromatic heterocycles. The molecule has 1 aliphatic heterocycles. The number of fused-ring (bicyclic) bond motifs is 2. The van der Waals surface area contributed by atoms with Crippen LogP contribution in [-0.4, -0.2) is 59.5 Å². The Hall–Kier alpha value is -3.33. The molecule has 0 aliphatic carbocycles. The molecular formula is C22H26N8O. The Kier molecular flexibility index (Phi) is 4.70. The van der Waals surface area contributed by atoms with E-state index in [1.54, 1.807) is 25.6 Å². The number of aryl methyl sites for hydroxylation is 1. The van der Waals surface area contributed by atoms with Crippen molar-refractivity contribution in [3.05, 3.63) is 59.0 Å². The van der Waals surface area contributed by atoms with Crippen LogP contribution in [0.4, 0.5) is 0 Å². The highest BCUT2D eigenvalue weighted by Crippen LogP contribution is 2.28. The summed E-state index contributed by atoms with van der Waals surface area (Å²) >= 11 is 0. The molecule has 1 saturated heterocycles. The standard InChI is InChI=1S/C22H26N8O/c1-14-12-29(30-13-21-20(26-30)10-25-22(31)27(21)4)15(2)11-28(14)16(3)17-5-6-18-19(9-17)24-8-7-23-18/h5-10,13-16H,11-12H2,1-4H3/t14-,15+,16?/m1/s1. The maximum Gasteiger partial charge on any atom is 0.347 e. The fraction of sp³-hybridized carbons (Fsp3) is 0.409. The number of rotatable bonds is 3. The molecule has 0 bridgehead atoms. The second-order valence-corrected chi connectivity index (χ2v) is 8.42. The lowest BCUT2D eigenvalue weighted by molar-refractivity contribution is 0.103. The molecule has 1 aromatic carbocycles. The van der Waals surface area contributed by atoms with Crippen molar-refractivity contribution in [2.75, 3.05) is 18.1 Å². The van der Waals surface area contributed by atoms with Gasteiger partial charge in [-0.15, -0.1) is 5.10 Å². The zero-order valence-electron chi connectivity index (χ0n) is 18.2. The molecule has 9 heteroatoms. The van der Waals surface area contributed by atoms with Crippen molar-refractivity contribution in [2.45, 2.75) is 38.9 Å². The Morgan fingerprint density at radius 1 is 1.00 bits per heavy atom. The largest absolute Gasteiger partial charge is 0.347 e. The number of hydrogen-bond donors (Lipinski definition) is 0. The van der Waals surface area contributed by atoms with Crippen LogP contribution in [0.2, 0.25) is 0 Å². The molecule has 1 unspecified atom stereocenters. The molecule has 0 spiro atoms. The molecule has 160 valence electrons. The number of nitrogens with zero attached hydrogens (tertiary/aromatic N) is 8. The molecule has 1 fully saturated rings. The van der Waals surface area contributed by atoms with Gasteiger partial charge in [-0.3, -0.25) is 24.4 Å². The average molecular weight is 419 g/mol. The van der Waals surface area contributed by atoms with Gasteiger partial charge in [-0.2, -0.15) is 9.77 Å². The minimum absolute atomic E-state index is 0.248. The Bertz CT molecular complexity index is 1310. The first-order chi connectivity index (χ1) is 14.9. The van der Waals surface area contributed by atoms with Gasteiger partial charge < -0.3 is 0 Å². The van der Waals surface area contributed by atoms with Gasteiger partial charge in [0.1, 0.15) is 5.52 Å². The van der Waals surface area contributed by atoms with E-state index < -0.39 is 0 Å². The predicted octanol–water partition coefficient (Wildman–Crippen LogP) is 1.86. The molecule has 3 atom stereocenters. The molecule has 9 nitrogen and oxygen atoms in total. The molecule has 0 N–H and O–H groups in total. The van der Waals surface area contributed by atoms with Crippen LogP contribution in [0.1, 0.15) is 32.4 Å². The van der Waals surface area contributed by atoms with E-state index in [1.165, 1.54) is 10.1 Å². The summed E-state index contributed by atoms with van der Waals surface area (Å²) in [6, 6.07) is 7.17. The van der Waals surface area contributed by atoms with Gasteiger partial charge in [0.15, 0.2) is 0 Å². The van der Waals surface area contributed by atoms with Gasteiger partial charge in [0.2, 0.25) is 0 Å². The third-order valence-electron chi connectivity index (χ3n) is 6.39. The first kappa shape index (κ1) is 19.6. The zero-order valence-corrected chi connectivity index (χ0v) is 18.2. The Labute approximate surface area is 179 Å². The number of benzene rings is 1. The van der Waals surface area contributed by atoms with Crippen LogP contribution in [0, 0.1) is 0 Å². The lowest BCUT2D eigenvalue weighted by Gasteiger charge is -2.47. The smallest absolute Gasteiger partial charge is 0.292 e. The maximum atomic E-state index is 11.9. The zero-order chi connectivity index (χ0) is 21.7. The number of aromatic nitrogens is 6. The van der Waals surface area contributed by atoms with E-state index in [2.05, 4.69) is 62.9 Å². The second kappa shape index (κ2) is 7.42. The van der Waals surface area contributed by atoms with Gasteiger partial charge in [-0.25, -0.2) is 4.79 Å². The van der Waals surface area contributed by atoms with Gasteiger partial charge in [0, 0.05) is 38.1 Å². The second-order valence-electron chi connectivity index (χ2n) is 8.42. The molecular weight excluding hydrogens is 392 g/mol. The van der Waals surface area contributed by atoms with Crippen LogP contribution < -0.4 is 10.7 Å². The van der Waals surface area contributed by atoms with E-state index in [0.29, 0.717) is 6.04 Å². The van der Waals surface area contributed by atoms with E-state index in [-0.39, 0.29) is 17.8 Å². The van der Waals surface area contributed by atoms with Gasteiger partial charge >= 0.3 is 5.69 Å². The van der Waals surface area contributed by atoms with Crippen LogP contribution >= 0.6 is 0 Å². The monoisotopic (exact) mass is 418 g/mol. The fourth-order valence-electron chi connectivity index (χ4n) is 4.55. The van der Waals surface area contributed by atoms with Crippen LogP contribution in [-0.2, 0) is 7.05 Å². The van der Waals surface area contributed by atoms with E-state index >= 15 is 0 Å². The van der Waals surface area contributed by atoms with Crippen molar-refractivity contribution in [2.24, 2.45) is 7.05 Å². The van der Waals surface area contributed by atoms with Gasteiger partial charge in [0.25, 0.3) is 0 Å². The Balaban J connectivity index is 1.40. The summed E-state index contributed by atoms with van der Waals surface area (Å²) in [5.41, 5.74) is 4.31. The van der Waals surface area contributed by atoms with E-state index in [0.717, 1.165) is 35.2 Å². The van der Waals surface area contributed by atoms with Crippen LogP contribution in [0.15, 0.2) is 47.8 Å². The maximum absolute atomic E-state index is 11.9. The molecule has 4 heterocycles. The van der Waals surface area contributed by atoms with E-state index in [1.807, 2.05) is 17.1 Å². The summed E-state index contributed by atoms with van der Waals surface area (Å²) in [5, 5.41) is 6.93. The van der Waals surface area contributed by atoms with Crippen molar-refractivity contribution in [3.63, 3.8) is 0 Å². The quantitative estimate of drug-likeness (QED) is 0.502. The molecule has 4 aromatic rings.